The largest absolute Gasteiger partial charge is 0.480 e. The second-order valence-electron chi connectivity index (χ2n) is 5.69. The first-order valence-corrected chi connectivity index (χ1v) is 7.51. The van der Waals surface area contributed by atoms with E-state index in [1.807, 2.05) is 30.3 Å². The summed E-state index contributed by atoms with van der Waals surface area (Å²) >= 11 is 0. The van der Waals surface area contributed by atoms with Crippen molar-refractivity contribution in [3.8, 4) is 0 Å². The van der Waals surface area contributed by atoms with E-state index in [0.717, 1.165) is 42.4 Å². The van der Waals surface area contributed by atoms with E-state index in [-0.39, 0.29) is 12.1 Å². The number of benzene rings is 1. The molecule has 2 atom stereocenters. The second-order valence-corrected chi connectivity index (χ2v) is 5.69. The predicted octanol–water partition coefficient (Wildman–Crippen LogP) is 3.23. The molecule has 0 aliphatic carbocycles. The lowest BCUT2D eigenvalue weighted by Crippen LogP contribution is -2.45. The van der Waals surface area contributed by atoms with Gasteiger partial charge in [0.25, 0.3) is 0 Å². The molecule has 2 unspecified atom stereocenters. The van der Waals surface area contributed by atoms with Gasteiger partial charge in [0.2, 0.25) is 0 Å². The van der Waals surface area contributed by atoms with E-state index < -0.39 is 5.97 Å². The molecule has 110 valence electrons. The Morgan fingerprint density at radius 2 is 2.10 bits per heavy atom. The van der Waals surface area contributed by atoms with Gasteiger partial charge >= 0.3 is 5.97 Å². The zero-order valence-electron chi connectivity index (χ0n) is 12.2. The van der Waals surface area contributed by atoms with Gasteiger partial charge in [0.1, 0.15) is 6.04 Å². The van der Waals surface area contributed by atoms with Crippen molar-refractivity contribution in [3.05, 3.63) is 42.1 Å². The minimum absolute atomic E-state index is 0.0241. The number of carboxylic acids is 1. The number of hydrogen-bond acceptors (Lipinski definition) is 3. The van der Waals surface area contributed by atoms with E-state index in [0.29, 0.717) is 0 Å². The van der Waals surface area contributed by atoms with Gasteiger partial charge in [-0.25, -0.2) is 0 Å². The average Bonchev–Trinajstić information content (AvgIpc) is 2.53. The number of nitrogens with zero attached hydrogens (tertiary/aromatic N) is 2. The van der Waals surface area contributed by atoms with E-state index in [1.54, 1.807) is 0 Å². The number of para-hydroxylation sites is 1. The molecule has 3 rings (SSSR count). The quantitative estimate of drug-likeness (QED) is 0.940. The van der Waals surface area contributed by atoms with Crippen LogP contribution in [0.4, 0.5) is 0 Å². The molecule has 0 amide bonds. The molecular formula is C17H20N2O2. The zero-order valence-corrected chi connectivity index (χ0v) is 12.2. The molecule has 0 saturated carbocycles. The van der Waals surface area contributed by atoms with Crippen LogP contribution in [0.15, 0.2) is 36.4 Å². The van der Waals surface area contributed by atoms with Crippen molar-refractivity contribution >= 4 is 16.9 Å². The molecule has 1 aromatic heterocycles. The molecular weight excluding hydrogens is 264 g/mol. The van der Waals surface area contributed by atoms with Crippen LogP contribution in [-0.4, -0.2) is 33.5 Å². The second kappa shape index (κ2) is 5.82. The summed E-state index contributed by atoms with van der Waals surface area (Å²) in [5, 5.41) is 10.5. The van der Waals surface area contributed by atoms with Crippen LogP contribution in [0.5, 0.6) is 0 Å². The van der Waals surface area contributed by atoms with Crippen LogP contribution in [0.3, 0.4) is 0 Å². The van der Waals surface area contributed by atoms with E-state index in [4.69, 9.17) is 4.98 Å². The highest BCUT2D eigenvalue weighted by molar-refractivity contribution is 5.78. The number of aliphatic carboxylic acids is 1. The molecule has 1 N–H and O–H groups in total. The molecule has 21 heavy (non-hydrogen) atoms. The molecule has 0 spiro atoms. The Morgan fingerprint density at radius 3 is 2.90 bits per heavy atom. The first-order chi connectivity index (χ1) is 10.2. The number of piperidine rings is 1. The van der Waals surface area contributed by atoms with Crippen LogP contribution in [0.1, 0.15) is 37.9 Å². The standard InChI is InChI=1S/C17H20N2O2/c1-12(19-11-5-4-8-16(19)17(20)21)14-10-9-13-6-2-3-7-15(13)18-14/h2-3,6-7,9-10,12,16H,4-5,8,11H2,1H3,(H,20,21). The number of hydrogen-bond donors (Lipinski definition) is 1. The lowest BCUT2D eigenvalue weighted by Gasteiger charge is -2.37. The van der Waals surface area contributed by atoms with Crippen LogP contribution < -0.4 is 0 Å². The Balaban J connectivity index is 1.91. The number of fused-ring (bicyclic) bond motifs is 1. The van der Waals surface area contributed by atoms with Crippen molar-refractivity contribution in [2.24, 2.45) is 0 Å². The Morgan fingerprint density at radius 1 is 1.29 bits per heavy atom. The maximum atomic E-state index is 11.5. The third kappa shape index (κ3) is 2.76. The predicted molar refractivity (Wildman–Crippen MR) is 82.1 cm³/mol. The number of carbonyl (C=O) groups is 1. The van der Waals surface area contributed by atoms with E-state index >= 15 is 0 Å². The van der Waals surface area contributed by atoms with Gasteiger partial charge in [0, 0.05) is 5.39 Å². The third-order valence-electron chi connectivity index (χ3n) is 4.37. The first kappa shape index (κ1) is 14.0. The zero-order chi connectivity index (χ0) is 14.8. The summed E-state index contributed by atoms with van der Waals surface area (Å²) in [5.41, 5.74) is 1.91. The molecule has 1 aliphatic heterocycles. The van der Waals surface area contributed by atoms with Crippen LogP contribution in [-0.2, 0) is 4.79 Å². The fourth-order valence-electron chi connectivity index (χ4n) is 3.17. The van der Waals surface area contributed by atoms with Gasteiger partial charge in [-0.1, -0.05) is 30.7 Å². The maximum absolute atomic E-state index is 11.5. The number of carboxylic acid groups (broad SMARTS) is 1. The van der Waals surface area contributed by atoms with Crippen molar-refractivity contribution in [1.29, 1.82) is 0 Å². The van der Waals surface area contributed by atoms with Crippen molar-refractivity contribution in [2.75, 3.05) is 6.54 Å². The molecule has 1 fully saturated rings. The summed E-state index contributed by atoms with van der Waals surface area (Å²) in [6.45, 7) is 2.88. The van der Waals surface area contributed by atoms with Crippen molar-refractivity contribution in [2.45, 2.75) is 38.3 Å². The smallest absolute Gasteiger partial charge is 0.320 e. The summed E-state index contributed by atoms with van der Waals surface area (Å²) in [5.74, 6) is -0.720. The number of pyridine rings is 1. The van der Waals surface area contributed by atoms with Gasteiger partial charge in [0.15, 0.2) is 0 Å². The van der Waals surface area contributed by atoms with Crippen LogP contribution >= 0.6 is 0 Å². The van der Waals surface area contributed by atoms with Gasteiger partial charge in [-0.05, 0) is 38.4 Å². The number of rotatable bonds is 3. The summed E-state index contributed by atoms with van der Waals surface area (Å²) < 4.78 is 0. The Bertz CT molecular complexity index is 656. The molecule has 0 radical (unpaired) electrons. The Kier molecular flexibility index (Phi) is 3.88. The molecule has 1 aromatic carbocycles. The van der Waals surface area contributed by atoms with Gasteiger partial charge < -0.3 is 5.11 Å². The summed E-state index contributed by atoms with van der Waals surface area (Å²) in [6, 6.07) is 11.7. The van der Waals surface area contributed by atoms with E-state index in [9.17, 15) is 9.90 Å². The molecule has 4 nitrogen and oxygen atoms in total. The van der Waals surface area contributed by atoms with Crippen LogP contribution in [0, 0.1) is 0 Å². The normalized spacial score (nSPS) is 21.3. The molecule has 0 bridgehead atoms. The fraction of sp³-hybridized carbons (Fsp3) is 0.412. The summed E-state index contributed by atoms with van der Waals surface area (Å²) in [7, 11) is 0. The molecule has 1 aliphatic rings. The lowest BCUT2D eigenvalue weighted by atomic mass is 9.98. The topological polar surface area (TPSA) is 53.4 Å². The van der Waals surface area contributed by atoms with Gasteiger partial charge in [-0.2, -0.15) is 0 Å². The molecule has 2 aromatic rings. The van der Waals surface area contributed by atoms with Crippen molar-refractivity contribution < 1.29 is 9.90 Å². The van der Waals surface area contributed by atoms with Crippen LogP contribution in [0.2, 0.25) is 0 Å². The van der Waals surface area contributed by atoms with Crippen LogP contribution in [0.25, 0.3) is 10.9 Å². The fourth-order valence-corrected chi connectivity index (χ4v) is 3.17. The maximum Gasteiger partial charge on any atom is 0.320 e. The van der Waals surface area contributed by atoms with Gasteiger partial charge in [-0.15, -0.1) is 0 Å². The highest BCUT2D eigenvalue weighted by atomic mass is 16.4. The van der Waals surface area contributed by atoms with E-state index in [2.05, 4.69) is 17.9 Å². The van der Waals surface area contributed by atoms with E-state index in [1.165, 1.54) is 0 Å². The lowest BCUT2D eigenvalue weighted by molar-refractivity contribution is -0.145. The summed E-state index contributed by atoms with van der Waals surface area (Å²) in [6.07, 6.45) is 2.78. The van der Waals surface area contributed by atoms with Gasteiger partial charge in [0.05, 0.1) is 17.3 Å². The SMILES string of the molecule is CC(c1ccc2ccccc2n1)N1CCCCC1C(=O)O. The number of aromatic nitrogens is 1. The minimum Gasteiger partial charge on any atom is -0.480 e. The number of likely N-dealkylation sites (tertiary alicyclic amines) is 1. The highest BCUT2D eigenvalue weighted by Crippen LogP contribution is 2.28. The molecule has 4 heteroatoms. The summed E-state index contributed by atoms with van der Waals surface area (Å²) in [4.78, 5) is 18.2. The molecule has 2 heterocycles. The first-order valence-electron chi connectivity index (χ1n) is 7.51. The van der Waals surface area contributed by atoms with Crippen molar-refractivity contribution in [3.63, 3.8) is 0 Å². The van der Waals surface area contributed by atoms with Gasteiger partial charge in [-0.3, -0.25) is 14.7 Å². The Hall–Kier alpha value is -1.94. The molecule has 1 saturated heterocycles. The monoisotopic (exact) mass is 284 g/mol. The minimum atomic E-state index is -0.720. The average molecular weight is 284 g/mol. The third-order valence-corrected chi connectivity index (χ3v) is 4.37. The van der Waals surface area contributed by atoms with Crippen molar-refractivity contribution in [1.82, 2.24) is 9.88 Å². The highest BCUT2D eigenvalue weighted by Gasteiger charge is 2.32. The Labute approximate surface area is 124 Å².